The van der Waals surface area contributed by atoms with Crippen molar-refractivity contribution in [3.63, 3.8) is 0 Å². The molecule has 8 heteroatoms. The average molecular weight is 311 g/mol. The molecule has 0 saturated heterocycles. The summed E-state index contributed by atoms with van der Waals surface area (Å²) in [6.45, 7) is 4.03. The molecule has 0 atom stereocenters. The standard InChI is InChI=1S/C15H17N7O/c1-10(2)9-15(23)17-12-5-3-11(4-6-12)16-13-7-8-14-18-20-21-22(14)19-13/h3-8,10H,9H2,1-2H3,(H,16,19)(H,17,23). The third kappa shape index (κ3) is 3.79. The SMILES string of the molecule is CC(C)CC(=O)Nc1ccc(Nc2ccc3nnnn3n2)cc1. The van der Waals surface area contributed by atoms with E-state index in [9.17, 15) is 4.79 Å². The first-order chi connectivity index (χ1) is 11.1. The van der Waals surface area contributed by atoms with Gasteiger partial charge in [0.05, 0.1) is 0 Å². The van der Waals surface area contributed by atoms with Crippen LogP contribution in [0.5, 0.6) is 0 Å². The van der Waals surface area contributed by atoms with Crippen LogP contribution in [0.4, 0.5) is 17.2 Å². The van der Waals surface area contributed by atoms with Crippen LogP contribution in [0.25, 0.3) is 5.65 Å². The van der Waals surface area contributed by atoms with Crippen LogP contribution in [0.2, 0.25) is 0 Å². The van der Waals surface area contributed by atoms with Crippen LogP contribution >= 0.6 is 0 Å². The first-order valence-corrected chi connectivity index (χ1v) is 7.32. The first-order valence-electron chi connectivity index (χ1n) is 7.32. The number of carbonyl (C=O) groups excluding carboxylic acids is 1. The zero-order chi connectivity index (χ0) is 16.2. The Morgan fingerprint density at radius 1 is 1.13 bits per heavy atom. The second-order valence-electron chi connectivity index (χ2n) is 5.59. The Morgan fingerprint density at radius 2 is 1.87 bits per heavy atom. The summed E-state index contributed by atoms with van der Waals surface area (Å²) in [5.41, 5.74) is 2.20. The number of hydrogen-bond donors (Lipinski definition) is 2. The van der Waals surface area contributed by atoms with Gasteiger partial charge in [-0.05, 0) is 52.7 Å². The third-order valence-electron chi connectivity index (χ3n) is 3.10. The molecule has 2 aromatic heterocycles. The predicted octanol–water partition coefficient (Wildman–Crippen LogP) is 2.25. The van der Waals surface area contributed by atoms with E-state index in [0.717, 1.165) is 11.4 Å². The van der Waals surface area contributed by atoms with Gasteiger partial charge in [-0.3, -0.25) is 4.79 Å². The van der Waals surface area contributed by atoms with Gasteiger partial charge in [0.1, 0.15) is 0 Å². The Kier molecular flexibility index (Phi) is 4.13. The summed E-state index contributed by atoms with van der Waals surface area (Å²) in [6.07, 6.45) is 0.510. The fraction of sp³-hybridized carbons (Fsp3) is 0.267. The molecule has 3 aromatic rings. The van der Waals surface area contributed by atoms with Crippen molar-refractivity contribution in [1.82, 2.24) is 25.3 Å². The molecular weight excluding hydrogens is 294 g/mol. The number of nitrogens with zero attached hydrogens (tertiary/aromatic N) is 5. The van der Waals surface area contributed by atoms with Crippen LogP contribution in [-0.4, -0.2) is 31.2 Å². The summed E-state index contributed by atoms with van der Waals surface area (Å²) in [7, 11) is 0. The number of rotatable bonds is 5. The maximum Gasteiger partial charge on any atom is 0.224 e. The van der Waals surface area contributed by atoms with Crippen molar-refractivity contribution in [2.45, 2.75) is 20.3 Å². The molecular formula is C15H17N7O. The molecule has 8 nitrogen and oxygen atoms in total. The Hall–Kier alpha value is -3.03. The van der Waals surface area contributed by atoms with Gasteiger partial charge in [-0.2, -0.15) is 0 Å². The minimum Gasteiger partial charge on any atom is -0.339 e. The number of fused-ring (bicyclic) bond motifs is 1. The van der Waals surface area contributed by atoms with Crippen molar-refractivity contribution in [2.75, 3.05) is 10.6 Å². The molecule has 0 aliphatic heterocycles. The molecule has 0 aliphatic carbocycles. The number of aromatic nitrogens is 5. The fourth-order valence-corrected chi connectivity index (χ4v) is 2.08. The number of carbonyl (C=O) groups is 1. The summed E-state index contributed by atoms with van der Waals surface area (Å²) in [5.74, 6) is 0.983. The van der Waals surface area contributed by atoms with Crippen molar-refractivity contribution in [3.8, 4) is 0 Å². The van der Waals surface area contributed by atoms with Gasteiger partial charge in [0, 0.05) is 17.8 Å². The summed E-state index contributed by atoms with van der Waals surface area (Å²) < 4.78 is 1.35. The van der Waals surface area contributed by atoms with Gasteiger partial charge in [-0.25, -0.2) is 0 Å². The van der Waals surface area contributed by atoms with Crippen molar-refractivity contribution < 1.29 is 4.79 Å². The Labute approximate surface area is 132 Å². The molecule has 0 saturated carbocycles. The van der Waals surface area contributed by atoms with Crippen LogP contribution < -0.4 is 10.6 Å². The lowest BCUT2D eigenvalue weighted by molar-refractivity contribution is -0.116. The number of hydrogen-bond acceptors (Lipinski definition) is 6. The second-order valence-corrected chi connectivity index (χ2v) is 5.59. The lowest BCUT2D eigenvalue weighted by atomic mass is 10.1. The van der Waals surface area contributed by atoms with Crippen LogP contribution in [0.1, 0.15) is 20.3 Å². The summed E-state index contributed by atoms with van der Waals surface area (Å²) >= 11 is 0. The molecule has 0 radical (unpaired) electrons. The average Bonchev–Trinajstić information content (AvgIpc) is 2.96. The largest absolute Gasteiger partial charge is 0.339 e. The fourth-order valence-electron chi connectivity index (χ4n) is 2.08. The highest BCUT2D eigenvalue weighted by molar-refractivity contribution is 5.91. The Balaban J connectivity index is 1.66. The maximum absolute atomic E-state index is 11.7. The van der Waals surface area contributed by atoms with Gasteiger partial charge in [0.2, 0.25) is 5.91 Å². The number of benzene rings is 1. The first kappa shape index (κ1) is 14.9. The van der Waals surface area contributed by atoms with Gasteiger partial charge in [0.25, 0.3) is 0 Å². The second kappa shape index (κ2) is 6.39. The van der Waals surface area contributed by atoms with Crippen molar-refractivity contribution in [2.24, 2.45) is 5.92 Å². The minimum atomic E-state index is 0.0199. The molecule has 0 unspecified atom stereocenters. The van der Waals surface area contributed by atoms with Gasteiger partial charge in [-0.15, -0.1) is 14.8 Å². The maximum atomic E-state index is 11.7. The predicted molar refractivity (Wildman–Crippen MR) is 86.4 cm³/mol. The van der Waals surface area contributed by atoms with E-state index in [1.165, 1.54) is 4.63 Å². The molecule has 0 spiro atoms. The molecule has 1 amide bonds. The number of anilines is 3. The molecule has 0 fully saturated rings. The molecule has 2 heterocycles. The quantitative estimate of drug-likeness (QED) is 0.750. The highest BCUT2D eigenvalue weighted by atomic mass is 16.1. The topological polar surface area (TPSA) is 97.1 Å². The Morgan fingerprint density at radius 3 is 2.61 bits per heavy atom. The summed E-state index contributed by atoms with van der Waals surface area (Å²) in [4.78, 5) is 11.7. The molecule has 2 N–H and O–H groups in total. The van der Waals surface area contributed by atoms with Crippen LogP contribution in [-0.2, 0) is 4.79 Å². The normalized spacial score (nSPS) is 10.9. The van der Waals surface area contributed by atoms with E-state index in [2.05, 4.69) is 31.3 Å². The highest BCUT2D eigenvalue weighted by Crippen LogP contribution is 2.18. The highest BCUT2D eigenvalue weighted by Gasteiger charge is 2.05. The van der Waals surface area contributed by atoms with E-state index >= 15 is 0 Å². The zero-order valence-electron chi connectivity index (χ0n) is 12.9. The van der Waals surface area contributed by atoms with Crippen molar-refractivity contribution in [3.05, 3.63) is 36.4 Å². The molecule has 3 rings (SSSR count). The Bertz CT molecular complexity index is 810. The van der Waals surface area contributed by atoms with Crippen LogP contribution in [0.15, 0.2) is 36.4 Å². The third-order valence-corrected chi connectivity index (χ3v) is 3.10. The van der Waals surface area contributed by atoms with E-state index < -0.39 is 0 Å². The monoisotopic (exact) mass is 311 g/mol. The van der Waals surface area contributed by atoms with Crippen molar-refractivity contribution >= 4 is 28.7 Å². The van der Waals surface area contributed by atoms with E-state index in [4.69, 9.17) is 0 Å². The minimum absolute atomic E-state index is 0.0199. The summed E-state index contributed by atoms with van der Waals surface area (Å²) in [5, 5.41) is 21.4. The van der Waals surface area contributed by atoms with Crippen molar-refractivity contribution in [1.29, 1.82) is 0 Å². The number of tetrazole rings is 1. The van der Waals surface area contributed by atoms with Gasteiger partial charge >= 0.3 is 0 Å². The van der Waals surface area contributed by atoms with Crippen LogP contribution in [0.3, 0.4) is 0 Å². The van der Waals surface area contributed by atoms with Crippen LogP contribution in [0, 0.1) is 5.92 Å². The molecule has 1 aromatic carbocycles. The van der Waals surface area contributed by atoms with E-state index in [1.807, 2.05) is 38.1 Å². The molecule has 0 bridgehead atoms. The number of nitrogens with one attached hydrogen (secondary N) is 2. The summed E-state index contributed by atoms with van der Waals surface area (Å²) in [6, 6.07) is 11.0. The number of amides is 1. The molecule has 0 aliphatic rings. The van der Waals surface area contributed by atoms with Gasteiger partial charge in [0.15, 0.2) is 11.5 Å². The van der Waals surface area contributed by atoms with Gasteiger partial charge in [-0.1, -0.05) is 13.8 Å². The molecule has 23 heavy (non-hydrogen) atoms. The van der Waals surface area contributed by atoms with Gasteiger partial charge < -0.3 is 10.6 Å². The lowest BCUT2D eigenvalue weighted by Crippen LogP contribution is -2.13. The zero-order valence-corrected chi connectivity index (χ0v) is 12.9. The van der Waals surface area contributed by atoms with E-state index in [1.54, 1.807) is 12.1 Å². The van der Waals surface area contributed by atoms with E-state index in [-0.39, 0.29) is 5.91 Å². The molecule has 118 valence electrons. The van der Waals surface area contributed by atoms with E-state index in [0.29, 0.717) is 23.8 Å². The lowest BCUT2D eigenvalue weighted by Gasteiger charge is -2.09. The smallest absolute Gasteiger partial charge is 0.224 e.